The van der Waals surface area contributed by atoms with Crippen molar-refractivity contribution < 1.29 is 9.47 Å². The summed E-state index contributed by atoms with van der Waals surface area (Å²) in [5, 5.41) is 9.66. The Morgan fingerprint density at radius 1 is 1.25 bits per heavy atom. The van der Waals surface area contributed by atoms with E-state index >= 15 is 0 Å². The highest BCUT2D eigenvalue weighted by Crippen LogP contribution is 2.35. The fourth-order valence-corrected chi connectivity index (χ4v) is 4.16. The Hall–Kier alpha value is -1.35. The SMILES string of the molecule is Cc1sc(C2CCCO2)nc1-c1cn(CCN2CCOCC2)nn1. The van der Waals surface area contributed by atoms with Gasteiger partial charge in [0, 0.05) is 31.1 Å². The Morgan fingerprint density at radius 2 is 2.12 bits per heavy atom. The first-order valence-electron chi connectivity index (χ1n) is 8.59. The molecule has 2 aromatic heterocycles. The van der Waals surface area contributed by atoms with E-state index in [9.17, 15) is 0 Å². The van der Waals surface area contributed by atoms with Gasteiger partial charge in [0.25, 0.3) is 0 Å². The molecule has 0 aliphatic carbocycles. The summed E-state index contributed by atoms with van der Waals surface area (Å²) < 4.78 is 13.0. The zero-order valence-corrected chi connectivity index (χ0v) is 14.8. The fraction of sp³-hybridized carbons (Fsp3) is 0.688. The van der Waals surface area contributed by atoms with E-state index < -0.39 is 0 Å². The second-order valence-electron chi connectivity index (χ2n) is 6.28. The van der Waals surface area contributed by atoms with Gasteiger partial charge in [-0.2, -0.15) is 0 Å². The normalized spacial score (nSPS) is 22.3. The Morgan fingerprint density at radius 3 is 2.92 bits per heavy atom. The van der Waals surface area contributed by atoms with Gasteiger partial charge in [0.05, 0.1) is 26.0 Å². The molecule has 0 radical (unpaired) electrons. The molecule has 1 atom stereocenters. The molecule has 0 bridgehead atoms. The van der Waals surface area contributed by atoms with Crippen molar-refractivity contribution in [2.45, 2.75) is 32.4 Å². The highest BCUT2D eigenvalue weighted by Gasteiger charge is 2.23. The van der Waals surface area contributed by atoms with Crippen molar-refractivity contribution in [1.29, 1.82) is 0 Å². The number of aryl methyl sites for hydroxylation is 1. The van der Waals surface area contributed by atoms with Crippen molar-refractivity contribution in [1.82, 2.24) is 24.9 Å². The van der Waals surface area contributed by atoms with E-state index in [0.717, 1.165) is 75.2 Å². The van der Waals surface area contributed by atoms with Crippen LogP contribution in [-0.4, -0.2) is 64.3 Å². The molecular formula is C16H23N5O2S. The third-order valence-electron chi connectivity index (χ3n) is 4.55. The standard InChI is InChI=1S/C16H23N5O2S/c1-12-15(17-16(24-12)14-3-2-8-23-14)13-11-21(19-18-13)5-4-20-6-9-22-10-7-20/h11,14H,2-10H2,1H3. The van der Waals surface area contributed by atoms with E-state index in [2.05, 4.69) is 22.1 Å². The molecule has 2 fully saturated rings. The number of thiazole rings is 1. The van der Waals surface area contributed by atoms with Crippen molar-refractivity contribution in [2.75, 3.05) is 39.5 Å². The summed E-state index contributed by atoms with van der Waals surface area (Å²) in [7, 11) is 0. The summed E-state index contributed by atoms with van der Waals surface area (Å²) in [5.41, 5.74) is 1.80. The maximum Gasteiger partial charge on any atom is 0.132 e. The summed E-state index contributed by atoms with van der Waals surface area (Å²) in [5.74, 6) is 0. The zero-order valence-electron chi connectivity index (χ0n) is 14.0. The Kier molecular flexibility index (Phi) is 4.88. The molecule has 24 heavy (non-hydrogen) atoms. The molecule has 130 valence electrons. The number of morpholine rings is 1. The highest BCUT2D eigenvalue weighted by molar-refractivity contribution is 7.12. The molecule has 0 spiro atoms. The van der Waals surface area contributed by atoms with E-state index in [1.807, 2.05) is 10.9 Å². The molecule has 1 unspecified atom stereocenters. The molecule has 4 heterocycles. The van der Waals surface area contributed by atoms with E-state index in [-0.39, 0.29) is 6.10 Å². The lowest BCUT2D eigenvalue weighted by Gasteiger charge is -2.26. The van der Waals surface area contributed by atoms with Crippen molar-refractivity contribution in [3.8, 4) is 11.4 Å². The van der Waals surface area contributed by atoms with Gasteiger partial charge >= 0.3 is 0 Å². The van der Waals surface area contributed by atoms with Gasteiger partial charge < -0.3 is 9.47 Å². The first-order chi connectivity index (χ1) is 11.8. The van der Waals surface area contributed by atoms with Gasteiger partial charge in [-0.15, -0.1) is 16.4 Å². The maximum absolute atomic E-state index is 5.75. The summed E-state index contributed by atoms with van der Waals surface area (Å²) in [6, 6.07) is 0. The quantitative estimate of drug-likeness (QED) is 0.821. The van der Waals surface area contributed by atoms with Crippen molar-refractivity contribution in [3.63, 3.8) is 0 Å². The second-order valence-corrected chi connectivity index (χ2v) is 7.51. The monoisotopic (exact) mass is 349 g/mol. The minimum absolute atomic E-state index is 0.166. The largest absolute Gasteiger partial charge is 0.379 e. The Labute approximate surface area is 145 Å². The zero-order chi connectivity index (χ0) is 16.4. The van der Waals surface area contributed by atoms with Gasteiger partial charge in [-0.05, 0) is 19.8 Å². The van der Waals surface area contributed by atoms with Crippen LogP contribution in [0.5, 0.6) is 0 Å². The van der Waals surface area contributed by atoms with Gasteiger partial charge in [-0.3, -0.25) is 9.58 Å². The predicted octanol–water partition coefficient (Wildman–Crippen LogP) is 1.89. The number of rotatable bonds is 5. The first-order valence-corrected chi connectivity index (χ1v) is 9.41. The fourth-order valence-electron chi connectivity index (χ4n) is 3.15. The van der Waals surface area contributed by atoms with Gasteiger partial charge in [-0.1, -0.05) is 5.21 Å². The summed E-state index contributed by atoms with van der Waals surface area (Å²) >= 11 is 1.72. The van der Waals surface area contributed by atoms with Crippen LogP contribution in [0.3, 0.4) is 0 Å². The van der Waals surface area contributed by atoms with Crippen LogP contribution in [0.2, 0.25) is 0 Å². The molecule has 2 aliphatic heterocycles. The van der Waals surface area contributed by atoms with Gasteiger partial charge in [0.15, 0.2) is 0 Å². The van der Waals surface area contributed by atoms with Gasteiger partial charge in [0.1, 0.15) is 22.5 Å². The average Bonchev–Trinajstić information content (AvgIpc) is 3.34. The van der Waals surface area contributed by atoms with Crippen molar-refractivity contribution >= 4 is 11.3 Å². The molecule has 0 saturated carbocycles. The number of ether oxygens (including phenoxy) is 2. The molecule has 8 heteroatoms. The van der Waals surface area contributed by atoms with Crippen LogP contribution in [0.15, 0.2) is 6.20 Å². The predicted molar refractivity (Wildman–Crippen MR) is 91.1 cm³/mol. The molecule has 0 amide bonds. The minimum atomic E-state index is 0.166. The lowest BCUT2D eigenvalue weighted by atomic mass is 10.2. The number of nitrogens with zero attached hydrogens (tertiary/aromatic N) is 5. The topological polar surface area (TPSA) is 65.3 Å². The third kappa shape index (κ3) is 3.51. The highest BCUT2D eigenvalue weighted by atomic mass is 32.1. The Bertz CT molecular complexity index is 674. The van der Waals surface area contributed by atoms with E-state index in [1.165, 1.54) is 4.88 Å². The number of hydrogen-bond acceptors (Lipinski definition) is 7. The number of hydrogen-bond donors (Lipinski definition) is 0. The molecule has 2 saturated heterocycles. The molecule has 2 aliphatic rings. The summed E-state index contributed by atoms with van der Waals surface area (Å²) in [6.45, 7) is 8.40. The van der Waals surface area contributed by atoms with Crippen LogP contribution >= 0.6 is 11.3 Å². The average molecular weight is 349 g/mol. The molecule has 7 nitrogen and oxygen atoms in total. The minimum Gasteiger partial charge on any atom is -0.379 e. The van der Waals surface area contributed by atoms with Crippen LogP contribution < -0.4 is 0 Å². The van der Waals surface area contributed by atoms with E-state index in [4.69, 9.17) is 14.5 Å². The van der Waals surface area contributed by atoms with Crippen LogP contribution in [-0.2, 0) is 16.0 Å². The van der Waals surface area contributed by atoms with Crippen LogP contribution in [0.4, 0.5) is 0 Å². The van der Waals surface area contributed by atoms with E-state index in [0.29, 0.717) is 0 Å². The number of aromatic nitrogens is 4. The van der Waals surface area contributed by atoms with Crippen LogP contribution in [0, 0.1) is 6.92 Å². The van der Waals surface area contributed by atoms with Crippen LogP contribution in [0.25, 0.3) is 11.4 Å². The Balaban J connectivity index is 1.42. The lowest BCUT2D eigenvalue weighted by Crippen LogP contribution is -2.38. The lowest BCUT2D eigenvalue weighted by molar-refractivity contribution is 0.0359. The molecule has 0 N–H and O–H groups in total. The third-order valence-corrected chi connectivity index (χ3v) is 5.61. The van der Waals surface area contributed by atoms with Gasteiger partial charge in [-0.25, -0.2) is 4.98 Å². The smallest absolute Gasteiger partial charge is 0.132 e. The van der Waals surface area contributed by atoms with Gasteiger partial charge in [0.2, 0.25) is 0 Å². The molecular weight excluding hydrogens is 326 g/mol. The molecule has 0 aromatic carbocycles. The summed E-state index contributed by atoms with van der Waals surface area (Å²) in [6.07, 6.45) is 4.36. The van der Waals surface area contributed by atoms with Crippen molar-refractivity contribution in [3.05, 3.63) is 16.1 Å². The first kappa shape index (κ1) is 16.1. The molecule has 2 aromatic rings. The van der Waals surface area contributed by atoms with E-state index in [1.54, 1.807) is 11.3 Å². The second kappa shape index (κ2) is 7.26. The van der Waals surface area contributed by atoms with Crippen LogP contribution in [0.1, 0.15) is 28.8 Å². The summed E-state index contributed by atoms with van der Waals surface area (Å²) in [4.78, 5) is 8.35. The maximum atomic E-state index is 5.75. The molecule has 4 rings (SSSR count). The van der Waals surface area contributed by atoms with Crippen molar-refractivity contribution in [2.24, 2.45) is 0 Å².